The minimum atomic E-state index is -0.120. The van der Waals surface area contributed by atoms with Crippen molar-refractivity contribution in [3.63, 3.8) is 0 Å². The fourth-order valence-electron chi connectivity index (χ4n) is 3.25. The number of hydrogen-bond acceptors (Lipinski definition) is 5. The van der Waals surface area contributed by atoms with Crippen LogP contribution in [0.25, 0.3) is 10.4 Å². The lowest BCUT2D eigenvalue weighted by Gasteiger charge is -2.22. The van der Waals surface area contributed by atoms with Gasteiger partial charge in [0.25, 0.3) is 5.91 Å². The zero-order valence-corrected chi connectivity index (χ0v) is 17.7. The summed E-state index contributed by atoms with van der Waals surface area (Å²) in [7, 11) is 1.64. The maximum Gasteiger partial charge on any atom is 0.274 e. The summed E-state index contributed by atoms with van der Waals surface area (Å²) >= 11 is 1.53. The highest BCUT2D eigenvalue weighted by atomic mass is 32.1. The van der Waals surface area contributed by atoms with Crippen molar-refractivity contribution >= 4 is 17.2 Å². The van der Waals surface area contributed by atoms with Gasteiger partial charge < -0.3 is 14.1 Å². The van der Waals surface area contributed by atoms with Gasteiger partial charge in [-0.3, -0.25) is 4.79 Å². The molecule has 2 aromatic heterocycles. The van der Waals surface area contributed by atoms with E-state index in [9.17, 15) is 4.79 Å². The second-order valence-electron chi connectivity index (χ2n) is 6.87. The highest BCUT2D eigenvalue weighted by Crippen LogP contribution is 2.31. The Labute approximate surface area is 179 Å². The summed E-state index contributed by atoms with van der Waals surface area (Å²) in [5.41, 5.74) is 2.47. The number of thiazole rings is 1. The van der Waals surface area contributed by atoms with Crippen LogP contribution >= 0.6 is 11.3 Å². The van der Waals surface area contributed by atoms with Gasteiger partial charge in [-0.15, -0.1) is 11.3 Å². The van der Waals surface area contributed by atoms with Crippen LogP contribution in [0.5, 0.6) is 5.75 Å². The molecular formula is C24H22N2O3S. The van der Waals surface area contributed by atoms with Gasteiger partial charge in [0.15, 0.2) is 0 Å². The van der Waals surface area contributed by atoms with E-state index in [4.69, 9.17) is 9.15 Å². The third-order valence-electron chi connectivity index (χ3n) is 4.72. The van der Waals surface area contributed by atoms with E-state index >= 15 is 0 Å². The number of nitrogens with zero attached hydrogens (tertiary/aromatic N) is 2. The molecule has 0 saturated heterocycles. The highest BCUT2D eigenvalue weighted by Gasteiger charge is 2.24. The third kappa shape index (κ3) is 4.44. The number of rotatable bonds is 7. The van der Waals surface area contributed by atoms with Crippen LogP contribution in [-0.2, 0) is 13.1 Å². The molecule has 0 radical (unpaired) electrons. The predicted molar refractivity (Wildman–Crippen MR) is 118 cm³/mol. The standard InChI is InChI=1S/C24H22N2O3S/c1-17-25-22(23(30-17)19-7-4-3-5-8-19)24(27)26(16-21-9-6-14-29-21)15-18-10-12-20(28-2)13-11-18/h3-14H,15-16H2,1-2H3. The number of benzene rings is 2. The number of carbonyl (C=O) groups excluding carboxylic acids is 1. The molecule has 0 saturated carbocycles. The van der Waals surface area contributed by atoms with E-state index in [1.807, 2.05) is 73.7 Å². The molecule has 1 amide bonds. The van der Waals surface area contributed by atoms with E-state index in [2.05, 4.69) is 4.98 Å². The second-order valence-corrected chi connectivity index (χ2v) is 8.07. The van der Waals surface area contributed by atoms with E-state index < -0.39 is 0 Å². The number of methoxy groups -OCH3 is 1. The average molecular weight is 419 g/mol. The summed E-state index contributed by atoms with van der Waals surface area (Å²) in [6.07, 6.45) is 1.62. The van der Waals surface area contributed by atoms with E-state index in [1.165, 1.54) is 11.3 Å². The summed E-state index contributed by atoms with van der Waals surface area (Å²) in [4.78, 5) is 20.8. The molecule has 2 heterocycles. The largest absolute Gasteiger partial charge is 0.497 e. The Balaban J connectivity index is 1.67. The summed E-state index contributed by atoms with van der Waals surface area (Å²) in [5, 5.41) is 0.861. The Kier molecular flexibility index (Phi) is 5.95. The van der Waals surface area contributed by atoms with Crippen molar-refractivity contribution < 1.29 is 13.9 Å². The van der Waals surface area contributed by atoms with Crippen LogP contribution in [0.4, 0.5) is 0 Å². The summed E-state index contributed by atoms with van der Waals surface area (Å²) in [6, 6.07) is 21.3. The Morgan fingerprint density at radius 3 is 2.47 bits per heavy atom. The van der Waals surface area contributed by atoms with Gasteiger partial charge in [-0.05, 0) is 42.3 Å². The fraction of sp³-hybridized carbons (Fsp3) is 0.167. The smallest absolute Gasteiger partial charge is 0.274 e. The van der Waals surface area contributed by atoms with E-state index in [1.54, 1.807) is 18.3 Å². The lowest BCUT2D eigenvalue weighted by molar-refractivity contribution is 0.0713. The molecule has 0 aliphatic heterocycles. The first kappa shape index (κ1) is 19.9. The normalized spacial score (nSPS) is 10.7. The first-order valence-corrected chi connectivity index (χ1v) is 10.4. The Morgan fingerprint density at radius 1 is 1.03 bits per heavy atom. The van der Waals surface area contributed by atoms with E-state index in [0.29, 0.717) is 18.8 Å². The fourth-order valence-corrected chi connectivity index (χ4v) is 4.16. The topological polar surface area (TPSA) is 55.6 Å². The molecule has 0 bridgehead atoms. The molecule has 2 aromatic carbocycles. The first-order valence-electron chi connectivity index (χ1n) is 9.61. The molecule has 0 aliphatic rings. The predicted octanol–water partition coefficient (Wildman–Crippen LogP) is 5.56. The molecule has 4 rings (SSSR count). The maximum absolute atomic E-state index is 13.6. The van der Waals surface area contributed by atoms with Crippen molar-refractivity contribution in [1.82, 2.24) is 9.88 Å². The monoisotopic (exact) mass is 418 g/mol. The summed E-state index contributed by atoms with van der Waals surface area (Å²) < 4.78 is 10.8. The number of furan rings is 1. The summed E-state index contributed by atoms with van der Waals surface area (Å²) in [6.45, 7) is 2.73. The lowest BCUT2D eigenvalue weighted by atomic mass is 10.1. The van der Waals surface area contributed by atoms with Crippen LogP contribution < -0.4 is 4.74 Å². The third-order valence-corrected chi connectivity index (χ3v) is 5.74. The van der Waals surface area contributed by atoms with Crippen molar-refractivity contribution in [3.05, 3.63) is 95.0 Å². The van der Waals surface area contributed by atoms with Crippen LogP contribution in [0, 0.1) is 6.92 Å². The number of aryl methyl sites for hydroxylation is 1. The molecule has 5 nitrogen and oxygen atoms in total. The molecule has 0 spiro atoms. The number of aromatic nitrogens is 1. The molecule has 0 fully saturated rings. The minimum Gasteiger partial charge on any atom is -0.497 e. The molecule has 0 N–H and O–H groups in total. The van der Waals surface area contributed by atoms with Crippen LogP contribution in [0.2, 0.25) is 0 Å². The molecule has 0 unspecified atom stereocenters. The van der Waals surface area contributed by atoms with Crippen LogP contribution in [0.15, 0.2) is 77.4 Å². The van der Waals surface area contributed by atoms with Crippen LogP contribution in [0.3, 0.4) is 0 Å². The summed E-state index contributed by atoms with van der Waals surface area (Å²) in [5.74, 6) is 1.39. The minimum absolute atomic E-state index is 0.120. The highest BCUT2D eigenvalue weighted by molar-refractivity contribution is 7.15. The zero-order chi connectivity index (χ0) is 20.9. The quantitative estimate of drug-likeness (QED) is 0.394. The second kappa shape index (κ2) is 8.97. The Hall–Kier alpha value is -3.38. The Bertz CT molecular complexity index is 1100. The molecule has 0 aliphatic carbocycles. The van der Waals surface area contributed by atoms with E-state index in [-0.39, 0.29) is 5.91 Å². The van der Waals surface area contributed by atoms with Crippen molar-refractivity contribution in [2.75, 3.05) is 7.11 Å². The van der Waals surface area contributed by atoms with Crippen molar-refractivity contribution in [2.24, 2.45) is 0 Å². The molecule has 4 aromatic rings. The SMILES string of the molecule is COc1ccc(CN(Cc2ccco2)C(=O)c2nc(C)sc2-c2ccccc2)cc1. The molecule has 152 valence electrons. The van der Waals surface area contributed by atoms with Gasteiger partial charge >= 0.3 is 0 Å². The molecular weight excluding hydrogens is 396 g/mol. The van der Waals surface area contributed by atoms with Gasteiger partial charge in [0.1, 0.15) is 17.2 Å². The van der Waals surface area contributed by atoms with Crippen LogP contribution in [0.1, 0.15) is 26.8 Å². The first-order chi connectivity index (χ1) is 14.6. The van der Waals surface area contributed by atoms with Gasteiger partial charge in [-0.1, -0.05) is 42.5 Å². The lowest BCUT2D eigenvalue weighted by Crippen LogP contribution is -2.30. The van der Waals surface area contributed by atoms with E-state index in [0.717, 1.165) is 32.5 Å². The van der Waals surface area contributed by atoms with Gasteiger partial charge in [0, 0.05) is 6.54 Å². The number of carbonyl (C=O) groups is 1. The van der Waals surface area contributed by atoms with Crippen molar-refractivity contribution in [2.45, 2.75) is 20.0 Å². The number of amides is 1. The van der Waals surface area contributed by atoms with Crippen molar-refractivity contribution in [1.29, 1.82) is 0 Å². The van der Waals surface area contributed by atoms with Crippen molar-refractivity contribution in [3.8, 4) is 16.2 Å². The Morgan fingerprint density at radius 2 is 1.80 bits per heavy atom. The van der Waals surface area contributed by atoms with Gasteiger partial charge in [-0.2, -0.15) is 0 Å². The maximum atomic E-state index is 13.6. The molecule has 6 heteroatoms. The average Bonchev–Trinajstić information content (AvgIpc) is 3.43. The van der Waals surface area contributed by atoms with Crippen LogP contribution in [-0.4, -0.2) is 22.9 Å². The molecule has 30 heavy (non-hydrogen) atoms. The van der Waals surface area contributed by atoms with Gasteiger partial charge in [0.05, 0.1) is 29.8 Å². The number of ether oxygens (including phenoxy) is 1. The molecule has 0 atom stereocenters. The van der Waals surface area contributed by atoms with Gasteiger partial charge in [0.2, 0.25) is 0 Å². The zero-order valence-electron chi connectivity index (χ0n) is 16.9. The van der Waals surface area contributed by atoms with Gasteiger partial charge in [-0.25, -0.2) is 4.98 Å². The number of hydrogen-bond donors (Lipinski definition) is 0.